The van der Waals surface area contributed by atoms with E-state index in [1.165, 1.54) is 6.92 Å². The molecular weight excluding hydrogens is 230 g/mol. The van der Waals surface area contributed by atoms with Crippen molar-refractivity contribution in [3.8, 4) is 17.1 Å². The summed E-state index contributed by atoms with van der Waals surface area (Å²) in [6.07, 6.45) is 1.21. The van der Waals surface area contributed by atoms with Gasteiger partial charge in [-0.05, 0) is 13.0 Å². The van der Waals surface area contributed by atoms with Crippen LogP contribution in [0, 0.1) is 0 Å². The Kier molecular flexibility index (Phi) is 3.18. The second-order valence-corrected chi connectivity index (χ2v) is 3.80. The first kappa shape index (κ1) is 11.1. The molecule has 2 heterocycles. The van der Waals surface area contributed by atoms with Gasteiger partial charge in [-0.2, -0.15) is 4.37 Å². The number of nitrogens with one attached hydrogen (secondary N) is 1. The van der Waals surface area contributed by atoms with Crippen LogP contribution in [-0.2, 0) is 0 Å². The van der Waals surface area contributed by atoms with Gasteiger partial charge in [0.25, 0.3) is 5.88 Å². The summed E-state index contributed by atoms with van der Waals surface area (Å²) in [4.78, 5) is 2.89. The monoisotopic (exact) mass is 241 g/mol. The third-order valence-electron chi connectivity index (χ3n) is 1.97. The minimum atomic E-state index is -1.30. The van der Waals surface area contributed by atoms with Crippen LogP contribution in [0.1, 0.15) is 6.92 Å². The molecule has 0 bridgehead atoms. The summed E-state index contributed by atoms with van der Waals surface area (Å²) in [5.74, 6) is 0.220. The van der Waals surface area contributed by atoms with E-state index in [1.54, 1.807) is 12.4 Å². The Morgan fingerprint density at radius 2 is 2.25 bits per heavy atom. The normalized spacial score (nSPS) is 14.7. The van der Waals surface area contributed by atoms with E-state index in [4.69, 9.17) is 9.84 Å². The van der Waals surface area contributed by atoms with Crippen molar-refractivity contribution in [2.45, 2.75) is 19.3 Å². The number of nitrogens with zero attached hydrogens (tertiary/aromatic N) is 2. The first-order valence-electron chi connectivity index (χ1n) is 4.67. The fourth-order valence-corrected chi connectivity index (χ4v) is 1.63. The van der Waals surface area contributed by atoms with E-state index in [0.29, 0.717) is 5.69 Å². The maximum atomic E-state index is 9.38. The molecule has 7 heteroatoms. The number of aliphatic hydroxyl groups is 2. The van der Waals surface area contributed by atoms with Crippen LogP contribution in [0.5, 0.6) is 5.88 Å². The molecule has 0 fully saturated rings. The van der Waals surface area contributed by atoms with Gasteiger partial charge < -0.3 is 19.9 Å². The zero-order chi connectivity index (χ0) is 11.5. The van der Waals surface area contributed by atoms with Crippen LogP contribution in [0.3, 0.4) is 0 Å². The van der Waals surface area contributed by atoms with E-state index in [1.807, 2.05) is 6.07 Å². The van der Waals surface area contributed by atoms with Crippen LogP contribution in [0.4, 0.5) is 0 Å². The lowest BCUT2D eigenvalue weighted by Crippen LogP contribution is -2.28. The zero-order valence-corrected chi connectivity index (χ0v) is 9.31. The molecule has 0 aliphatic heterocycles. The Bertz CT molecular complexity index is 441. The molecule has 2 aromatic heterocycles. The molecule has 0 saturated carbocycles. The number of hydrogen-bond acceptors (Lipinski definition) is 6. The Labute approximate surface area is 95.9 Å². The van der Waals surface area contributed by atoms with Gasteiger partial charge in [0.15, 0.2) is 0 Å². The molecule has 6 nitrogen and oxygen atoms in total. The molecule has 0 aromatic carbocycles. The molecule has 86 valence electrons. The molecule has 2 atom stereocenters. The third-order valence-corrected chi connectivity index (χ3v) is 2.49. The van der Waals surface area contributed by atoms with E-state index in [2.05, 4.69) is 13.7 Å². The van der Waals surface area contributed by atoms with E-state index >= 15 is 0 Å². The van der Waals surface area contributed by atoms with Crippen molar-refractivity contribution in [2.24, 2.45) is 0 Å². The predicted molar refractivity (Wildman–Crippen MR) is 58.0 cm³/mol. The average molecular weight is 241 g/mol. The fourth-order valence-electron chi connectivity index (χ4n) is 1.12. The molecule has 0 spiro atoms. The van der Waals surface area contributed by atoms with E-state index in [-0.39, 0.29) is 5.88 Å². The molecule has 0 saturated heterocycles. The number of aromatic amines is 1. The summed E-state index contributed by atoms with van der Waals surface area (Å²) < 4.78 is 13.1. The zero-order valence-electron chi connectivity index (χ0n) is 8.49. The lowest BCUT2D eigenvalue weighted by Gasteiger charge is -2.13. The summed E-state index contributed by atoms with van der Waals surface area (Å²) in [6, 6.07) is 1.82. The SMILES string of the molecule is CC(O)C(O)Oc1nsnc1-c1cc[nH]c1. The first-order valence-corrected chi connectivity index (χ1v) is 5.40. The molecule has 3 N–H and O–H groups in total. The second kappa shape index (κ2) is 4.60. The topological polar surface area (TPSA) is 91.3 Å². The molecule has 2 aromatic rings. The van der Waals surface area contributed by atoms with Crippen LogP contribution in [-0.4, -0.2) is 36.3 Å². The highest BCUT2D eigenvalue weighted by atomic mass is 32.1. The van der Waals surface area contributed by atoms with E-state index in [0.717, 1.165) is 17.3 Å². The molecule has 0 aliphatic carbocycles. The summed E-state index contributed by atoms with van der Waals surface area (Å²) in [5, 5.41) is 18.5. The second-order valence-electron chi connectivity index (χ2n) is 3.27. The average Bonchev–Trinajstić information content (AvgIpc) is 2.85. The summed E-state index contributed by atoms with van der Waals surface area (Å²) in [7, 11) is 0. The van der Waals surface area contributed by atoms with E-state index < -0.39 is 12.4 Å². The van der Waals surface area contributed by atoms with Crippen molar-refractivity contribution >= 4 is 11.7 Å². The highest BCUT2D eigenvalue weighted by Crippen LogP contribution is 2.27. The van der Waals surface area contributed by atoms with Crippen LogP contribution < -0.4 is 4.74 Å². The Hall–Kier alpha value is -1.44. The van der Waals surface area contributed by atoms with Gasteiger partial charge in [0.05, 0.1) is 11.7 Å². The third kappa shape index (κ3) is 2.21. The van der Waals surface area contributed by atoms with Crippen molar-refractivity contribution in [1.82, 2.24) is 13.7 Å². The van der Waals surface area contributed by atoms with Crippen LogP contribution in [0.2, 0.25) is 0 Å². The minimum absolute atomic E-state index is 0.220. The van der Waals surface area contributed by atoms with Crippen molar-refractivity contribution < 1.29 is 14.9 Å². The Balaban J connectivity index is 2.20. The van der Waals surface area contributed by atoms with Gasteiger partial charge in [0.2, 0.25) is 6.29 Å². The Morgan fingerprint density at radius 1 is 1.44 bits per heavy atom. The first-order chi connectivity index (χ1) is 7.68. The van der Waals surface area contributed by atoms with Crippen LogP contribution >= 0.6 is 11.7 Å². The molecule has 16 heavy (non-hydrogen) atoms. The summed E-state index contributed by atoms with van der Waals surface area (Å²) >= 11 is 0.987. The lowest BCUT2D eigenvalue weighted by atomic mass is 10.2. The molecule has 2 unspecified atom stereocenters. The molecule has 0 amide bonds. The van der Waals surface area contributed by atoms with Gasteiger partial charge in [-0.1, -0.05) is 0 Å². The van der Waals surface area contributed by atoms with Gasteiger partial charge in [0.1, 0.15) is 11.8 Å². The van der Waals surface area contributed by atoms with Gasteiger partial charge >= 0.3 is 0 Å². The van der Waals surface area contributed by atoms with Crippen LogP contribution in [0.25, 0.3) is 11.3 Å². The predicted octanol–water partition coefficient (Wildman–Crippen LogP) is 0.611. The van der Waals surface area contributed by atoms with Gasteiger partial charge in [-0.15, -0.1) is 4.37 Å². The van der Waals surface area contributed by atoms with Gasteiger partial charge in [0, 0.05) is 18.0 Å². The maximum Gasteiger partial charge on any atom is 0.256 e. The molecule has 0 radical (unpaired) electrons. The summed E-state index contributed by atoms with van der Waals surface area (Å²) in [6.45, 7) is 1.43. The van der Waals surface area contributed by atoms with Crippen molar-refractivity contribution in [1.29, 1.82) is 0 Å². The minimum Gasteiger partial charge on any atom is -0.443 e. The van der Waals surface area contributed by atoms with Gasteiger partial charge in [-0.3, -0.25) is 0 Å². The summed E-state index contributed by atoms with van der Waals surface area (Å²) in [5.41, 5.74) is 1.37. The quantitative estimate of drug-likeness (QED) is 0.682. The van der Waals surface area contributed by atoms with Crippen molar-refractivity contribution in [3.63, 3.8) is 0 Å². The number of aromatic nitrogens is 3. The maximum absolute atomic E-state index is 9.38. The highest BCUT2D eigenvalue weighted by molar-refractivity contribution is 6.99. The van der Waals surface area contributed by atoms with Crippen LogP contribution in [0.15, 0.2) is 18.5 Å². The Morgan fingerprint density at radius 3 is 2.88 bits per heavy atom. The standard InChI is InChI=1S/C9H11N3O3S/c1-5(13)9(14)15-8-7(11-16-12-8)6-2-3-10-4-6/h2-5,9-10,13-14H,1H3. The highest BCUT2D eigenvalue weighted by Gasteiger charge is 2.18. The lowest BCUT2D eigenvalue weighted by molar-refractivity contribution is -0.0973. The van der Waals surface area contributed by atoms with Crippen molar-refractivity contribution in [2.75, 3.05) is 0 Å². The smallest absolute Gasteiger partial charge is 0.256 e. The number of hydrogen-bond donors (Lipinski definition) is 3. The largest absolute Gasteiger partial charge is 0.443 e. The van der Waals surface area contributed by atoms with Gasteiger partial charge in [-0.25, -0.2) is 0 Å². The number of aliphatic hydroxyl groups excluding tert-OH is 2. The fraction of sp³-hybridized carbons (Fsp3) is 0.333. The number of ether oxygens (including phenoxy) is 1. The number of H-pyrrole nitrogens is 1. The molecular formula is C9H11N3O3S. The molecule has 2 rings (SSSR count). The number of rotatable bonds is 4. The van der Waals surface area contributed by atoms with E-state index in [9.17, 15) is 5.11 Å². The van der Waals surface area contributed by atoms with Crippen molar-refractivity contribution in [3.05, 3.63) is 18.5 Å². The molecule has 0 aliphatic rings.